The molecular weight excluding hydrogens is 362 g/mol. The van der Waals surface area contributed by atoms with Crippen LogP contribution >= 0.6 is 11.8 Å². The molecule has 1 atom stereocenters. The fraction of sp³-hybridized carbons (Fsp3) is 0.250. The van der Waals surface area contributed by atoms with Crippen LogP contribution in [0.25, 0.3) is 0 Å². The molecule has 2 aromatic carbocycles. The lowest BCUT2D eigenvalue weighted by Crippen LogP contribution is -2.28. The number of amidine groups is 1. The van der Waals surface area contributed by atoms with Gasteiger partial charge in [-0.15, -0.1) is 0 Å². The minimum atomic E-state index is -0.492. The van der Waals surface area contributed by atoms with Crippen molar-refractivity contribution in [2.75, 3.05) is 12.4 Å². The molecule has 3 rings (SSSR count). The highest BCUT2D eigenvalue weighted by Gasteiger charge is 2.32. The predicted molar refractivity (Wildman–Crippen MR) is 109 cm³/mol. The molecule has 0 bridgehead atoms. The number of anilines is 1. The number of nitrogens with one attached hydrogen (secondary N) is 2. The van der Waals surface area contributed by atoms with Gasteiger partial charge in [0.1, 0.15) is 11.0 Å². The molecule has 140 valence electrons. The predicted octanol–water partition coefficient (Wildman–Crippen LogP) is 3.56. The van der Waals surface area contributed by atoms with Crippen LogP contribution in [-0.4, -0.2) is 29.3 Å². The summed E-state index contributed by atoms with van der Waals surface area (Å²) in [6.07, 6.45) is 0.0779. The van der Waals surface area contributed by atoms with Crippen LogP contribution in [0, 0.1) is 13.8 Å². The number of thioether (sulfide) groups is 1. The van der Waals surface area contributed by atoms with Crippen LogP contribution in [0.4, 0.5) is 11.4 Å². The Hall–Kier alpha value is -2.80. The third kappa shape index (κ3) is 4.89. The number of hydrogen-bond donors (Lipinski definition) is 2. The highest BCUT2D eigenvalue weighted by Crippen LogP contribution is 2.26. The lowest BCUT2D eigenvalue weighted by molar-refractivity contribution is -0.122. The van der Waals surface area contributed by atoms with Crippen LogP contribution in [0.15, 0.2) is 47.5 Å². The maximum Gasteiger partial charge on any atom is 0.240 e. The number of nitrogens with zero attached hydrogens (tertiary/aromatic N) is 1. The quantitative estimate of drug-likeness (QED) is 0.827. The van der Waals surface area contributed by atoms with Crippen molar-refractivity contribution < 1.29 is 14.3 Å². The second-order valence-electron chi connectivity index (χ2n) is 6.26. The summed E-state index contributed by atoms with van der Waals surface area (Å²) in [6.45, 7) is 4.06. The minimum absolute atomic E-state index is 0.0779. The van der Waals surface area contributed by atoms with Crippen molar-refractivity contribution in [3.8, 4) is 5.75 Å². The second-order valence-corrected chi connectivity index (χ2v) is 7.45. The molecule has 1 heterocycles. The number of aliphatic imine (C=N–C) groups is 1. The van der Waals surface area contributed by atoms with E-state index in [9.17, 15) is 9.59 Å². The molecule has 2 N–H and O–H groups in total. The van der Waals surface area contributed by atoms with Crippen molar-refractivity contribution in [1.29, 1.82) is 0 Å². The number of benzene rings is 2. The number of methoxy groups -OCH3 is 1. The molecule has 1 aliphatic heterocycles. The Bertz CT molecular complexity index is 894. The van der Waals surface area contributed by atoms with Gasteiger partial charge in [0.05, 0.1) is 12.8 Å². The highest BCUT2D eigenvalue weighted by molar-refractivity contribution is 8.15. The van der Waals surface area contributed by atoms with Crippen molar-refractivity contribution in [1.82, 2.24) is 5.32 Å². The lowest BCUT2D eigenvalue weighted by Gasteiger charge is -2.08. The number of carbonyl (C=O) groups excluding carboxylic acids is 2. The molecule has 27 heavy (non-hydrogen) atoms. The summed E-state index contributed by atoms with van der Waals surface area (Å²) < 4.78 is 5.09. The lowest BCUT2D eigenvalue weighted by atomic mass is 10.1. The summed E-state index contributed by atoms with van der Waals surface area (Å²) >= 11 is 1.28. The van der Waals surface area contributed by atoms with E-state index in [4.69, 9.17) is 4.74 Å². The molecule has 0 saturated carbocycles. The molecule has 0 unspecified atom stereocenters. The molecule has 7 heteroatoms. The monoisotopic (exact) mass is 383 g/mol. The zero-order chi connectivity index (χ0) is 19.4. The third-order valence-corrected chi connectivity index (χ3v) is 5.32. The van der Waals surface area contributed by atoms with Gasteiger partial charge in [0.25, 0.3) is 0 Å². The van der Waals surface area contributed by atoms with E-state index in [2.05, 4.69) is 15.6 Å². The summed E-state index contributed by atoms with van der Waals surface area (Å²) in [5.41, 5.74) is 3.77. The van der Waals surface area contributed by atoms with Crippen LogP contribution < -0.4 is 15.4 Å². The number of ether oxygens (including phenoxy) is 1. The summed E-state index contributed by atoms with van der Waals surface area (Å²) in [7, 11) is 1.58. The van der Waals surface area contributed by atoms with Gasteiger partial charge in [-0.3, -0.25) is 9.59 Å². The van der Waals surface area contributed by atoms with E-state index in [0.717, 1.165) is 11.3 Å². The van der Waals surface area contributed by atoms with Gasteiger partial charge in [0.2, 0.25) is 11.8 Å². The normalized spacial score (nSPS) is 17.7. The third-order valence-electron chi connectivity index (χ3n) is 4.24. The molecule has 2 aromatic rings. The number of rotatable bonds is 5. The van der Waals surface area contributed by atoms with Gasteiger partial charge in [-0.2, -0.15) is 0 Å². The average molecular weight is 383 g/mol. The van der Waals surface area contributed by atoms with E-state index >= 15 is 0 Å². The van der Waals surface area contributed by atoms with E-state index in [0.29, 0.717) is 16.6 Å². The first-order chi connectivity index (χ1) is 12.9. The van der Waals surface area contributed by atoms with Gasteiger partial charge < -0.3 is 15.4 Å². The molecular formula is C20H21N3O3S. The maximum absolute atomic E-state index is 12.2. The molecule has 1 aliphatic rings. The van der Waals surface area contributed by atoms with Crippen LogP contribution in [0.1, 0.15) is 17.5 Å². The standard InChI is InChI=1S/C20H21N3O3S/c1-12-4-5-15(10-13(12)2)22-20-23-19(25)17(27-20)11-18(24)21-14-6-8-16(26-3)9-7-14/h4-10,17H,11H2,1-3H3,(H,21,24)(H,22,23,25)/t17-/m1/s1. The number of amides is 2. The molecule has 1 saturated heterocycles. The second kappa shape index (κ2) is 8.26. The van der Waals surface area contributed by atoms with Gasteiger partial charge in [-0.25, -0.2) is 4.99 Å². The summed E-state index contributed by atoms with van der Waals surface area (Å²) in [5, 5.41) is 5.57. The van der Waals surface area contributed by atoms with Crippen LogP contribution in [0.2, 0.25) is 0 Å². The Morgan fingerprint density at radius 2 is 1.93 bits per heavy atom. The van der Waals surface area contributed by atoms with E-state index in [1.54, 1.807) is 31.4 Å². The fourth-order valence-corrected chi connectivity index (χ4v) is 3.55. The SMILES string of the molecule is COc1ccc(NC(=O)C[C@H]2SC(=Nc3ccc(C)c(C)c3)NC2=O)cc1. The Morgan fingerprint density at radius 3 is 2.59 bits per heavy atom. The van der Waals surface area contributed by atoms with Crippen molar-refractivity contribution in [2.45, 2.75) is 25.5 Å². The largest absolute Gasteiger partial charge is 0.497 e. The topological polar surface area (TPSA) is 79.8 Å². The zero-order valence-corrected chi connectivity index (χ0v) is 16.2. The van der Waals surface area contributed by atoms with Crippen LogP contribution in [0.3, 0.4) is 0 Å². The first-order valence-corrected chi connectivity index (χ1v) is 9.40. The van der Waals surface area contributed by atoms with Gasteiger partial charge in [-0.1, -0.05) is 17.8 Å². The van der Waals surface area contributed by atoms with Gasteiger partial charge in [-0.05, 0) is 61.4 Å². The van der Waals surface area contributed by atoms with Gasteiger partial charge >= 0.3 is 0 Å². The Kier molecular flexibility index (Phi) is 5.81. The van der Waals surface area contributed by atoms with Crippen molar-refractivity contribution in [3.63, 3.8) is 0 Å². The molecule has 0 aliphatic carbocycles. The molecule has 0 radical (unpaired) electrons. The van der Waals surface area contributed by atoms with Crippen LogP contribution in [0.5, 0.6) is 5.75 Å². The smallest absolute Gasteiger partial charge is 0.240 e. The number of hydrogen-bond acceptors (Lipinski definition) is 5. The Morgan fingerprint density at radius 1 is 1.19 bits per heavy atom. The molecule has 0 spiro atoms. The minimum Gasteiger partial charge on any atom is -0.497 e. The van der Waals surface area contributed by atoms with Gasteiger partial charge in [0.15, 0.2) is 5.17 Å². The zero-order valence-electron chi connectivity index (χ0n) is 15.4. The number of carbonyl (C=O) groups is 2. The van der Waals surface area contributed by atoms with E-state index in [1.165, 1.54) is 17.3 Å². The molecule has 0 aromatic heterocycles. The van der Waals surface area contributed by atoms with Crippen molar-refractivity contribution in [2.24, 2.45) is 4.99 Å². The Balaban J connectivity index is 1.60. The Labute approximate surface area is 162 Å². The average Bonchev–Trinajstić information content (AvgIpc) is 2.97. The van der Waals surface area contributed by atoms with Crippen molar-refractivity contribution >= 4 is 40.1 Å². The van der Waals surface area contributed by atoms with E-state index in [-0.39, 0.29) is 18.2 Å². The molecule has 6 nitrogen and oxygen atoms in total. The molecule has 2 amide bonds. The number of aryl methyl sites for hydroxylation is 2. The van der Waals surface area contributed by atoms with Gasteiger partial charge in [0, 0.05) is 12.1 Å². The van der Waals surface area contributed by atoms with Crippen molar-refractivity contribution in [3.05, 3.63) is 53.6 Å². The molecule has 1 fully saturated rings. The maximum atomic E-state index is 12.2. The van der Waals surface area contributed by atoms with Crippen LogP contribution in [-0.2, 0) is 9.59 Å². The highest BCUT2D eigenvalue weighted by atomic mass is 32.2. The van der Waals surface area contributed by atoms with E-state index < -0.39 is 5.25 Å². The van der Waals surface area contributed by atoms with E-state index in [1.807, 2.05) is 32.0 Å². The summed E-state index contributed by atoms with van der Waals surface area (Å²) in [5.74, 6) is 0.290. The summed E-state index contributed by atoms with van der Waals surface area (Å²) in [4.78, 5) is 28.9. The first kappa shape index (κ1) is 19.0. The first-order valence-electron chi connectivity index (χ1n) is 8.52. The fourth-order valence-electron chi connectivity index (χ4n) is 2.56. The summed E-state index contributed by atoms with van der Waals surface area (Å²) in [6, 6.07) is 12.9.